The average Bonchev–Trinajstić information content (AvgIpc) is 2.42. The Kier molecular flexibility index (Phi) is 2.85. The molecule has 0 aliphatic rings. The third-order valence-electron chi connectivity index (χ3n) is 2.52. The Morgan fingerprint density at radius 1 is 1.33 bits per heavy atom. The molecular formula is C12H15BrN2. The molecule has 2 rings (SSSR count). The van der Waals surface area contributed by atoms with Gasteiger partial charge in [-0.3, -0.25) is 0 Å². The molecular weight excluding hydrogens is 252 g/mol. The molecule has 0 aliphatic carbocycles. The molecule has 0 saturated heterocycles. The molecule has 80 valence electrons. The first-order chi connectivity index (χ1) is 7.08. The zero-order valence-corrected chi connectivity index (χ0v) is 10.9. The van der Waals surface area contributed by atoms with Crippen LogP contribution in [0.1, 0.15) is 5.56 Å². The summed E-state index contributed by atoms with van der Waals surface area (Å²) in [5.41, 5.74) is 2.66. The second-order valence-electron chi connectivity index (χ2n) is 4.16. The molecule has 0 amide bonds. The van der Waals surface area contributed by atoms with Gasteiger partial charge >= 0.3 is 0 Å². The predicted octanol–water partition coefficient (Wildman–Crippen LogP) is 3.00. The maximum absolute atomic E-state index is 3.52. The third kappa shape index (κ3) is 2.08. The van der Waals surface area contributed by atoms with E-state index in [1.54, 1.807) is 0 Å². The van der Waals surface area contributed by atoms with E-state index in [4.69, 9.17) is 0 Å². The van der Waals surface area contributed by atoms with Crippen molar-refractivity contribution in [1.29, 1.82) is 0 Å². The fraction of sp³-hybridized carbons (Fsp3) is 0.333. The second kappa shape index (κ2) is 3.99. The molecule has 2 nitrogen and oxygen atoms in total. The Balaban J connectivity index is 2.59. The van der Waals surface area contributed by atoms with E-state index in [0.717, 1.165) is 11.0 Å². The normalized spacial score (nSPS) is 11.5. The number of aryl methyl sites for hydroxylation is 1. The van der Waals surface area contributed by atoms with Crippen LogP contribution in [0.2, 0.25) is 0 Å². The largest absolute Gasteiger partial charge is 0.350 e. The number of fused-ring (bicyclic) bond motifs is 1. The van der Waals surface area contributed by atoms with Gasteiger partial charge in [0.15, 0.2) is 0 Å². The summed E-state index contributed by atoms with van der Waals surface area (Å²) in [4.78, 5) is 2.19. The van der Waals surface area contributed by atoms with Crippen LogP contribution < -0.4 is 0 Å². The van der Waals surface area contributed by atoms with Crippen LogP contribution in [-0.4, -0.2) is 23.6 Å². The lowest BCUT2D eigenvalue weighted by Crippen LogP contribution is -2.10. The number of hydrogen-bond donors (Lipinski definition) is 0. The van der Waals surface area contributed by atoms with Crippen LogP contribution in [0, 0.1) is 0 Å². The van der Waals surface area contributed by atoms with Crippen LogP contribution in [0.25, 0.3) is 10.9 Å². The van der Waals surface area contributed by atoms with Crippen LogP contribution in [0.4, 0.5) is 0 Å². The van der Waals surface area contributed by atoms with Gasteiger partial charge in [-0.1, -0.05) is 15.9 Å². The Bertz CT molecular complexity index is 486. The van der Waals surface area contributed by atoms with Crippen molar-refractivity contribution in [2.45, 2.75) is 6.54 Å². The van der Waals surface area contributed by atoms with Crippen molar-refractivity contribution in [3.63, 3.8) is 0 Å². The van der Waals surface area contributed by atoms with Crippen LogP contribution in [0.15, 0.2) is 28.9 Å². The van der Waals surface area contributed by atoms with Crippen molar-refractivity contribution in [1.82, 2.24) is 9.47 Å². The van der Waals surface area contributed by atoms with Gasteiger partial charge in [-0.05, 0) is 37.9 Å². The summed E-state index contributed by atoms with van der Waals surface area (Å²) < 4.78 is 3.32. The lowest BCUT2D eigenvalue weighted by atomic mass is 10.2. The molecule has 2 aromatic rings. The summed E-state index contributed by atoms with van der Waals surface area (Å²) in [6.07, 6.45) is 2.21. The van der Waals surface area contributed by atoms with Crippen LogP contribution >= 0.6 is 15.9 Å². The number of nitrogens with zero attached hydrogens (tertiary/aromatic N) is 2. The van der Waals surface area contributed by atoms with Gasteiger partial charge < -0.3 is 9.47 Å². The summed E-state index contributed by atoms with van der Waals surface area (Å²) in [6, 6.07) is 6.43. The van der Waals surface area contributed by atoms with E-state index < -0.39 is 0 Å². The van der Waals surface area contributed by atoms with Crippen molar-refractivity contribution in [3.8, 4) is 0 Å². The van der Waals surface area contributed by atoms with E-state index >= 15 is 0 Å². The summed E-state index contributed by atoms with van der Waals surface area (Å²) >= 11 is 3.52. The van der Waals surface area contributed by atoms with Gasteiger partial charge in [-0.2, -0.15) is 0 Å². The van der Waals surface area contributed by atoms with Crippen LogP contribution in [-0.2, 0) is 13.6 Å². The van der Waals surface area contributed by atoms with E-state index in [0.29, 0.717) is 0 Å². The van der Waals surface area contributed by atoms with Gasteiger partial charge in [0.1, 0.15) is 0 Å². The Labute approximate surface area is 98.6 Å². The van der Waals surface area contributed by atoms with Crippen molar-refractivity contribution in [2.75, 3.05) is 14.1 Å². The van der Waals surface area contributed by atoms with E-state index in [2.05, 4.69) is 70.9 Å². The first-order valence-electron chi connectivity index (χ1n) is 4.96. The summed E-state index contributed by atoms with van der Waals surface area (Å²) in [7, 11) is 6.28. The molecule has 0 radical (unpaired) electrons. The number of benzene rings is 1. The maximum atomic E-state index is 3.52. The molecule has 0 fully saturated rings. The number of aromatic nitrogens is 1. The quantitative estimate of drug-likeness (QED) is 0.812. The number of rotatable bonds is 2. The fourth-order valence-corrected chi connectivity index (χ4v) is 2.27. The molecule has 1 aromatic heterocycles. The summed E-state index contributed by atoms with van der Waals surface area (Å²) in [5.74, 6) is 0. The van der Waals surface area contributed by atoms with Crippen molar-refractivity contribution >= 4 is 26.8 Å². The molecule has 1 aromatic carbocycles. The molecule has 0 bridgehead atoms. The number of hydrogen-bond acceptors (Lipinski definition) is 1. The molecule has 0 saturated carbocycles. The van der Waals surface area contributed by atoms with Gasteiger partial charge in [0, 0.05) is 35.2 Å². The molecule has 15 heavy (non-hydrogen) atoms. The second-order valence-corrected chi connectivity index (χ2v) is 5.08. The zero-order chi connectivity index (χ0) is 11.0. The minimum Gasteiger partial charge on any atom is -0.350 e. The molecule has 0 N–H and O–H groups in total. The average molecular weight is 267 g/mol. The highest BCUT2D eigenvalue weighted by molar-refractivity contribution is 9.10. The van der Waals surface area contributed by atoms with Gasteiger partial charge in [-0.15, -0.1) is 0 Å². The van der Waals surface area contributed by atoms with E-state index in [1.165, 1.54) is 16.5 Å². The molecule has 0 unspecified atom stereocenters. The summed E-state index contributed by atoms with van der Waals surface area (Å²) in [6.45, 7) is 0.980. The maximum Gasteiger partial charge on any atom is 0.0481 e. The van der Waals surface area contributed by atoms with E-state index in [9.17, 15) is 0 Å². The highest BCUT2D eigenvalue weighted by Crippen LogP contribution is 2.25. The molecule has 0 aliphatic heterocycles. The molecule has 0 spiro atoms. The monoisotopic (exact) mass is 266 g/mol. The van der Waals surface area contributed by atoms with Crippen LogP contribution in [0.3, 0.4) is 0 Å². The van der Waals surface area contributed by atoms with E-state index in [1.807, 2.05) is 0 Å². The Morgan fingerprint density at radius 2 is 2.07 bits per heavy atom. The lowest BCUT2D eigenvalue weighted by molar-refractivity contribution is 0.404. The number of halogens is 1. The Morgan fingerprint density at radius 3 is 2.73 bits per heavy atom. The van der Waals surface area contributed by atoms with Gasteiger partial charge in [-0.25, -0.2) is 0 Å². The molecule has 0 atom stereocenters. The summed E-state index contributed by atoms with van der Waals surface area (Å²) in [5, 5.41) is 1.33. The zero-order valence-electron chi connectivity index (χ0n) is 9.29. The molecule has 1 heterocycles. The predicted molar refractivity (Wildman–Crippen MR) is 68.0 cm³/mol. The lowest BCUT2D eigenvalue weighted by Gasteiger charge is -2.07. The highest BCUT2D eigenvalue weighted by atomic mass is 79.9. The SMILES string of the molecule is CN(C)Cc1cn(C)c2ccc(Br)cc12. The smallest absolute Gasteiger partial charge is 0.0481 e. The minimum atomic E-state index is 0.980. The van der Waals surface area contributed by atoms with Gasteiger partial charge in [0.25, 0.3) is 0 Å². The Hall–Kier alpha value is -0.800. The van der Waals surface area contributed by atoms with Crippen molar-refractivity contribution < 1.29 is 0 Å². The fourth-order valence-electron chi connectivity index (χ4n) is 1.91. The minimum absolute atomic E-state index is 0.980. The van der Waals surface area contributed by atoms with Crippen molar-refractivity contribution in [2.24, 2.45) is 7.05 Å². The first kappa shape index (κ1) is 10.7. The molecule has 3 heteroatoms. The van der Waals surface area contributed by atoms with Gasteiger partial charge in [0.05, 0.1) is 0 Å². The van der Waals surface area contributed by atoms with Crippen LogP contribution in [0.5, 0.6) is 0 Å². The topological polar surface area (TPSA) is 8.17 Å². The third-order valence-corrected chi connectivity index (χ3v) is 3.01. The van der Waals surface area contributed by atoms with Crippen molar-refractivity contribution in [3.05, 3.63) is 34.4 Å². The first-order valence-corrected chi connectivity index (χ1v) is 5.75. The van der Waals surface area contributed by atoms with E-state index in [-0.39, 0.29) is 0 Å². The highest BCUT2D eigenvalue weighted by Gasteiger charge is 2.07. The standard InChI is InChI=1S/C12H15BrN2/c1-14(2)7-9-8-15(3)12-5-4-10(13)6-11(9)12/h4-6,8H,7H2,1-3H3. The van der Waals surface area contributed by atoms with Gasteiger partial charge in [0.2, 0.25) is 0 Å².